The molecule has 0 radical (unpaired) electrons. The van der Waals surface area contributed by atoms with Gasteiger partial charge in [-0.2, -0.15) is 0 Å². The van der Waals surface area contributed by atoms with E-state index in [1.54, 1.807) is 13.3 Å². The molecule has 0 saturated heterocycles. The number of ether oxygens (including phenoxy) is 1. The van der Waals surface area contributed by atoms with Crippen molar-refractivity contribution in [3.63, 3.8) is 0 Å². The number of pyridine rings is 1. The summed E-state index contributed by atoms with van der Waals surface area (Å²) in [6.45, 7) is 1.40. The number of aromatic nitrogens is 1. The highest BCUT2D eigenvalue weighted by Crippen LogP contribution is 2.07. The molecule has 0 amide bonds. The summed E-state index contributed by atoms with van der Waals surface area (Å²) in [7, 11) is 1.70. The Labute approximate surface area is 110 Å². The Morgan fingerprint density at radius 3 is 2.94 bits per heavy atom. The number of nitrogens with zero attached hydrogens (tertiary/aromatic N) is 1. The van der Waals surface area contributed by atoms with Crippen molar-refractivity contribution in [1.29, 1.82) is 0 Å². The quantitative estimate of drug-likeness (QED) is 0.786. The maximum absolute atomic E-state index is 5.72. The van der Waals surface area contributed by atoms with Crippen LogP contribution in [0.1, 0.15) is 12.1 Å². The highest BCUT2D eigenvalue weighted by Gasteiger charge is 2.07. The standard InChI is InChI=1S/C11H16BrClN2O/c1-16-8-11(4-5-13)15-7-10-3-2-9(12)6-14-10/h2-3,6,11,15H,4-5,7-8H2,1H3. The van der Waals surface area contributed by atoms with Crippen molar-refractivity contribution >= 4 is 27.5 Å². The van der Waals surface area contributed by atoms with Crippen LogP contribution in [0.4, 0.5) is 0 Å². The molecule has 1 N–H and O–H groups in total. The van der Waals surface area contributed by atoms with Crippen LogP contribution in [0.25, 0.3) is 0 Å². The van der Waals surface area contributed by atoms with E-state index in [9.17, 15) is 0 Å². The average molecular weight is 308 g/mol. The molecule has 0 aliphatic heterocycles. The highest BCUT2D eigenvalue weighted by atomic mass is 79.9. The van der Waals surface area contributed by atoms with Crippen LogP contribution < -0.4 is 5.32 Å². The van der Waals surface area contributed by atoms with E-state index in [1.165, 1.54) is 0 Å². The van der Waals surface area contributed by atoms with Crippen molar-refractivity contribution in [2.45, 2.75) is 19.0 Å². The molecule has 5 heteroatoms. The minimum Gasteiger partial charge on any atom is -0.383 e. The number of rotatable bonds is 7. The molecule has 0 fully saturated rings. The number of nitrogens with one attached hydrogen (secondary N) is 1. The van der Waals surface area contributed by atoms with Crippen molar-refractivity contribution in [3.8, 4) is 0 Å². The van der Waals surface area contributed by atoms with Gasteiger partial charge in [0.2, 0.25) is 0 Å². The lowest BCUT2D eigenvalue weighted by atomic mass is 10.2. The monoisotopic (exact) mass is 306 g/mol. The van der Waals surface area contributed by atoms with Crippen molar-refractivity contribution in [2.24, 2.45) is 0 Å². The number of halogens is 2. The summed E-state index contributed by atoms with van der Waals surface area (Å²) in [6, 6.07) is 4.26. The molecule has 16 heavy (non-hydrogen) atoms. The second-order valence-corrected chi connectivity index (χ2v) is 4.77. The Morgan fingerprint density at radius 1 is 1.56 bits per heavy atom. The third kappa shape index (κ3) is 5.25. The molecule has 0 aliphatic carbocycles. The SMILES string of the molecule is COCC(CCCl)NCc1ccc(Br)cn1. The van der Waals surface area contributed by atoms with Gasteiger partial charge in [0.25, 0.3) is 0 Å². The molecule has 0 spiro atoms. The molecule has 0 saturated carbocycles. The van der Waals surface area contributed by atoms with Gasteiger partial charge in [-0.05, 0) is 34.5 Å². The second-order valence-electron chi connectivity index (χ2n) is 3.48. The molecular formula is C11H16BrClN2O. The van der Waals surface area contributed by atoms with Gasteiger partial charge in [-0.3, -0.25) is 4.98 Å². The first-order valence-corrected chi connectivity index (χ1v) is 6.47. The molecule has 1 atom stereocenters. The first kappa shape index (κ1) is 13.9. The van der Waals surface area contributed by atoms with E-state index in [1.807, 2.05) is 12.1 Å². The largest absolute Gasteiger partial charge is 0.383 e. The van der Waals surface area contributed by atoms with Crippen molar-refractivity contribution in [2.75, 3.05) is 19.6 Å². The van der Waals surface area contributed by atoms with E-state index in [0.29, 0.717) is 12.5 Å². The minimum atomic E-state index is 0.285. The zero-order chi connectivity index (χ0) is 11.8. The van der Waals surface area contributed by atoms with Gasteiger partial charge < -0.3 is 10.1 Å². The van der Waals surface area contributed by atoms with Gasteiger partial charge in [0.05, 0.1) is 12.3 Å². The van der Waals surface area contributed by atoms with E-state index in [2.05, 4.69) is 26.2 Å². The van der Waals surface area contributed by atoms with E-state index in [0.717, 1.165) is 23.1 Å². The number of methoxy groups -OCH3 is 1. The van der Waals surface area contributed by atoms with Crippen molar-refractivity contribution in [1.82, 2.24) is 10.3 Å². The predicted octanol–water partition coefficient (Wildman–Crippen LogP) is 2.58. The predicted molar refractivity (Wildman–Crippen MR) is 69.8 cm³/mol. The fourth-order valence-electron chi connectivity index (χ4n) is 1.34. The number of alkyl halides is 1. The molecule has 0 bridgehead atoms. The normalized spacial score (nSPS) is 12.7. The number of hydrogen-bond donors (Lipinski definition) is 1. The van der Waals surface area contributed by atoms with Crippen LogP contribution in [0, 0.1) is 0 Å². The van der Waals surface area contributed by atoms with Gasteiger partial charge in [0.1, 0.15) is 0 Å². The second kappa shape index (κ2) is 8.01. The molecule has 1 aromatic rings. The van der Waals surface area contributed by atoms with Gasteiger partial charge in [-0.25, -0.2) is 0 Å². The molecule has 1 unspecified atom stereocenters. The molecule has 1 heterocycles. The highest BCUT2D eigenvalue weighted by molar-refractivity contribution is 9.10. The first-order valence-electron chi connectivity index (χ1n) is 5.15. The summed E-state index contributed by atoms with van der Waals surface area (Å²) < 4.78 is 6.11. The third-order valence-electron chi connectivity index (χ3n) is 2.19. The van der Waals surface area contributed by atoms with E-state index in [-0.39, 0.29) is 6.04 Å². The van der Waals surface area contributed by atoms with Crippen molar-refractivity contribution in [3.05, 3.63) is 28.5 Å². The van der Waals surface area contributed by atoms with E-state index in [4.69, 9.17) is 16.3 Å². The van der Waals surface area contributed by atoms with Crippen LogP contribution in [0.3, 0.4) is 0 Å². The lowest BCUT2D eigenvalue weighted by Crippen LogP contribution is -2.33. The summed E-state index contributed by atoms with van der Waals surface area (Å²) in [5, 5.41) is 3.37. The Kier molecular flexibility index (Phi) is 6.96. The zero-order valence-corrected chi connectivity index (χ0v) is 11.6. The molecule has 0 aromatic carbocycles. The lowest BCUT2D eigenvalue weighted by Gasteiger charge is -2.16. The molecular weight excluding hydrogens is 291 g/mol. The first-order chi connectivity index (χ1) is 7.76. The van der Waals surface area contributed by atoms with Crippen LogP contribution >= 0.6 is 27.5 Å². The Bertz CT molecular complexity index is 289. The van der Waals surface area contributed by atoms with E-state index >= 15 is 0 Å². The lowest BCUT2D eigenvalue weighted by molar-refractivity contribution is 0.164. The minimum absolute atomic E-state index is 0.285. The molecule has 3 nitrogen and oxygen atoms in total. The van der Waals surface area contributed by atoms with Gasteiger partial charge in [0.15, 0.2) is 0 Å². The summed E-state index contributed by atoms with van der Waals surface area (Å²) in [6.07, 6.45) is 2.69. The maximum atomic E-state index is 5.72. The van der Waals surface area contributed by atoms with Crippen LogP contribution in [-0.4, -0.2) is 30.6 Å². The van der Waals surface area contributed by atoms with Gasteiger partial charge in [0, 0.05) is 36.2 Å². The summed E-state index contributed by atoms with van der Waals surface area (Å²) in [5.41, 5.74) is 1.01. The fourth-order valence-corrected chi connectivity index (χ4v) is 1.84. The molecule has 0 aliphatic rings. The zero-order valence-electron chi connectivity index (χ0n) is 9.25. The fraction of sp³-hybridized carbons (Fsp3) is 0.545. The van der Waals surface area contributed by atoms with Crippen molar-refractivity contribution < 1.29 is 4.74 Å². The van der Waals surface area contributed by atoms with E-state index < -0.39 is 0 Å². The van der Waals surface area contributed by atoms with Gasteiger partial charge in [-0.1, -0.05) is 0 Å². The third-order valence-corrected chi connectivity index (χ3v) is 2.87. The Morgan fingerprint density at radius 2 is 2.38 bits per heavy atom. The summed E-state index contributed by atoms with van der Waals surface area (Å²) >= 11 is 9.07. The average Bonchev–Trinajstić information content (AvgIpc) is 2.29. The molecule has 1 aromatic heterocycles. The molecule has 1 rings (SSSR count). The Hall–Kier alpha value is -0.160. The number of hydrogen-bond acceptors (Lipinski definition) is 3. The van der Waals surface area contributed by atoms with Gasteiger partial charge in [-0.15, -0.1) is 11.6 Å². The topological polar surface area (TPSA) is 34.1 Å². The van der Waals surface area contributed by atoms with Gasteiger partial charge >= 0.3 is 0 Å². The van der Waals surface area contributed by atoms with Crippen LogP contribution in [0.5, 0.6) is 0 Å². The molecule has 90 valence electrons. The smallest absolute Gasteiger partial charge is 0.0616 e. The van der Waals surface area contributed by atoms with Crippen LogP contribution in [0.2, 0.25) is 0 Å². The van der Waals surface area contributed by atoms with Crippen LogP contribution in [0.15, 0.2) is 22.8 Å². The summed E-state index contributed by atoms with van der Waals surface area (Å²) in [5.74, 6) is 0.634. The van der Waals surface area contributed by atoms with Crippen LogP contribution in [-0.2, 0) is 11.3 Å². The maximum Gasteiger partial charge on any atom is 0.0616 e. The Balaban J connectivity index is 2.38. The summed E-state index contributed by atoms with van der Waals surface area (Å²) in [4.78, 5) is 4.29.